The molecule has 0 aromatic heterocycles. The van der Waals surface area contributed by atoms with Gasteiger partial charge in [0.05, 0.1) is 0 Å². The topological polar surface area (TPSA) is 50.4 Å². The summed E-state index contributed by atoms with van der Waals surface area (Å²) in [6, 6.07) is 0. The Morgan fingerprint density at radius 3 is 2.88 bits per heavy atom. The first kappa shape index (κ1) is 13.8. The molecule has 0 saturated carbocycles. The van der Waals surface area contributed by atoms with E-state index in [0.717, 1.165) is 39.0 Å². The van der Waals surface area contributed by atoms with E-state index in [2.05, 4.69) is 17.0 Å². The van der Waals surface area contributed by atoms with E-state index in [4.69, 9.17) is 4.74 Å². The normalized spacial score (nSPS) is 25.4. The predicted molar refractivity (Wildman–Crippen MR) is 67.1 cm³/mol. The highest BCUT2D eigenvalue weighted by Crippen LogP contribution is 2.36. The van der Waals surface area contributed by atoms with Gasteiger partial charge in [-0.3, -0.25) is 9.52 Å². The van der Waals surface area contributed by atoms with Crippen LogP contribution >= 0.6 is 11.9 Å². The molecule has 4 nitrogen and oxygen atoms in total. The van der Waals surface area contributed by atoms with Gasteiger partial charge in [0.1, 0.15) is 4.93 Å². The SMILES string of the molecule is CCNCCC1(SNC(C)=O)CCCCO1. The van der Waals surface area contributed by atoms with E-state index in [-0.39, 0.29) is 10.8 Å². The molecule has 1 atom stereocenters. The molecule has 94 valence electrons. The largest absolute Gasteiger partial charge is 0.363 e. The third-order valence-electron chi connectivity index (χ3n) is 2.63. The summed E-state index contributed by atoms with van der Waals surface area (Å²) in [5, 5.41) is 3.30. The summed E-state index contributed by atoms with van der Waals surface area (Å²) in [7, 11) is 0. The molecule has 16 heavy (non-hydrogen) atoms. The van der Waals surface area contributed by atoms with Crippen molar-refractivity contribution >= 4 is 17.9 Å². The third-order valence-corrected chi connectivity index (χ3v) is 3.92. The molecule has 1 heterocycles. The molecule has 0 aromatic rings. The van der Waals surface area contributed by atoms with E-state index in [0.29, 0.717) is 0 Å². The number of hydrogen-bond acceptors (Lipinski definition) is 4. The third kappa shape index (κ3) is 4.72. The fourth-order valence-electron chi connectivity index (χ4n) is 1.78. The van der Waals surface area contributed by atoms with Gasteiger partial charge in [-0.1, -0.05) is 6.92 Å². The Balaban J connectivity index is 2.42. The van der Waals surface area contributed by atoms with Crippen LogP contribution in [0.1, 0.15) is 39.5 Å². The zero-order chi connectivity index (χ0) is 11.9. The van der Waals surface area contributed by atoms with Gasteiger partial charge in [0.2, 0.25) is 5.91 Å². The second-order valence-corrected chi connectivity index (χ2v) is 5.23. The number of ether oxygens (including phenoxy) is 1. The minimum atomic E-state index is -0.216. The molecule has 0 bridgehead atoms. The van der Waals surface area contributed by atoms with Gasteiger partial charge in [-0.15, -0.1) is 0 Å². The van der Waals surface area contributed by atoms with Gasteiger partial charge in [-0.25, -0.2) is 0 Å². The summed E-state index contributed by atoms with van der Waals surface area (Å²) in [4.78, 5) is 10.7. The van der Waals surface area contributed by atoms with Gasteiger partial charge in [-0.05, 0) is 50.7 Å². The molecule has 1 unspecified atom stereocenters. The second kappa shape index (κ2) is 7.14. The number of rotatable bonds is 6. The number of carbonyl (C=O) groups excluding carboxylic acids is 1. The smallest absolute Gasteiger partial charge is 0.226 e. The summed E-state index contributed by atoms with van der Waals surface area (Å²) in [5.41, 5.74) is 0. The van der Waals surface area contributed by atoms with Gasteiger partial charge < -0.3 is 10.1 Å². The van der Waals surface area contributed by atoms with Crippen molar-refractivity contribution in [3.63, 3.8) is 0 Å². The highest BCUT2D eigenvalue weighted by atomic mass is 32.2. The molecule has 1 saturated heterocycles. The van der Waals surface area contributed by atoms with E-state index < -0.39 is 0 Å². The average molecular weight is 246 g/mol. The van der Waals surface area contributed by atoms with E-state index in [1.165, 1.54) is 25.3 Å². The maximum atomic E-state index is 11.0. The van der Waals surface area contributed by atoms with Gasteiger partial charge >= 0.3 is 0 Å². The minimum Gasteiger partial charge on any atom is -0.363 e. The lowest BCUT2D eigenvalue weighted by atomic mass is 10.1. The van der Waals surface area contributed by atoms with Crippen LogP contribution in [0.25, 0.3) is 0 Å². The Kier molecular flexibility index (Phi) is 6.16. The Morgan fingerprint density at radius 2 is 2.31 bits per heavy atom. The van der Waals surface area contributed by atoms with Crippen molar-refractivity contribution in [3.8, 4) is 0 Å². The molecule has 0 spiro atoms. The lowest BCUT2D eigenvalue weighted by molar-refractivity contribution is -0.117. The predicted octanol–water partition coefficient (Wildman–Crippen LogP) is 1.67. The first-order valence-electron chi connectivity index (χ1n) is 5.98. The van der Waals surface area contributed by atoms with Gasteiger partial charge in [0, 0.05) is 13.5 Å². The van der Waals surface area contributed by atoms with Gasteiger partial charge in [-0.2, -0.15) is 0 Å². The van der Waals surface area contributed by atoms with Crippen LogP contribution in [-0.2, 0) is 9.53 Å². The van der Waals surface area contributed by atoms with Crippen LogP contribution in [0, 0.1) is 0 Å². The quantitative estimate of drug-likeness (QED) is 0.553. The Hall–Kier alpha value is -0.260. The van der Waals surface area contributed by atoms with Crippen LogP contribution in [0.5, 0.6) is 0 Å². The Labute approximate surface area is 102 Å². The van der Waals surface area contributed by atoms with Crippen molar-refractivity contribution in [2.45, 2.75) is 44.5 Å². The summed E-state index contributed by atoms with van der Waals surface area (Å²) < 4.78 is 8.68. The van der Waals surface area contributed by atoms with Crippen molar-refractivity contribution in [2.75, 3.05) is 19.7 Å². The van der Waals surface area contributed by atoms with Crippen molar-refractivity contribution < 1.29 is 9.53 Å². The summed E-state index contributed by atoms with van der Waals surface area (Å²) in [6.45, 7) is 6.34. The van der Waals surface area contributed by atoms with Crippen LogP contribution < -0.4 is 10.0 Å². The first-order valence-corrected chi connectivity index (χ1v) is 6.79. The maximum Gasteiger partial charge on any atom is 0.226 e. The molecule has 0 aromatic carbocycles. The molecule has 0 aliphatic carbocycles. The molecule has 1 aliphatic heterocycles. The van der Waals surface area contributed by atoms with Crippen molar-refractivity contribution in [3.05, 3.63) is 0 Å². The molecule has 1 fully saturated rings. The highest BCUT2D eigenvalue weighted by molar-refractivity contribution is 7.99. The van der Waals surface area contributed by atoms with E-state index in [1.807, 2.05) is 0 Å². The Morgan fingerprint density at radius 1 is 1.50 bits per heavy atom. The lowest BCUT2D eigenvalue weighted by Crippen LogP contribution is -2.39. The minimum absolute atomic E-state index is 0.0120. The summed E-state index contributed by atoms with van der Waals surface area (Å²) in [5.74, 6) is -0.0120. The van der Waals surface area contributed by atoms with E-state index in [9.17, 15) is 4.79 Å². The first-order chi connectivity index (χ1) is 7.68. The standard InChI is InChI=1S/C11H22N2O2S/c1-3-12-8-7-11(16-13-10(2)14)6-4-5-9-15-11/h12H,3-9H2,1-2H3,(H,13,14). The molecule has 2 N–H and O–H groups in total. The monoisotopic (exact) mass is 246 g/mol. The molecule has 5 heteroatoms. The number of nitrogens with one attached hydrogen (secondary N) is 2. The zero-order valence-corrected chi connectivity index (χ0v) is 11.0. The van der Waals surface area contributed by atoms with E-state index >= 15 is 0 Å². The van der Waals surface area contributed by atoms with Crippen LogP contribution in [0.3, 0.4) is 0 Å². The summed E-state index contributed by atoms with van der Waals surface area (Å²) in [6.07, 6.45) is 4.26. The van der Waals surface area contributed by atoms with Gasteiger partial charge in [0.25, 0.3) is 0 Å². The number of carbonyl (C=O) groups is 1. The molecular weight excluding hydrogens is 224 g/mol. The fraction of sp³-hybridized carbons (Fsp3) is 0.909. The molecule has 1 aliphatic rings. The van der Waals surface area contributed by atoms with Crippen LogP contribution in [-0.4, -0.2) is 30.5 Å². The zero-order valence-electron chi connectivity index (χ0n) is 10.2. The van der Waals surface area contributed by atoms with Gasteiger partial charge in [0.15, 0.2) is 0 Å². The fourth-order valence-corrected chi connectivity index (χ4v) is 2.70. The number of amides is 1. The van der Waals surface area contributed by atoms with Crippen molar-refractivity contribution in [1.82, 2.24) is 10.0 Å². The molecule has 1 amide bonds. The van der Waals surface area contributed by atoms with Crippen molar-refractivity contribution in [2.24, 2.45) is 0 Å². The van der Waals surface area contributed by atoms with Crippen LogP contribution in [0.2, 0.25) is 0 Å². The summed E-state index contributed by atoms with van der Waals surface area (Å²) >= 11 is 1.44. The van der Waals surface area contributed by atoms with Crippen molar-refractivity contribution in [1.29, 1.82) is 0 Å². The maximum absolute atomic E-state index is 11.0. The molecular formula is C11H22N2O2S. The van der Waals surface area contributed by atoms with Crippen LogP contribution in [0.15, 0.2) is 0 Å². The van der Waals surface area contributed by atoms with E-state index in [1.54, 1.807) is 0 Å². The molecule has 1 rings (SSSR count). The molecule has 0 radical (unpaired) electrons. The Bertz CT molecular complexity index is 218. The van der Waals surface area contributed by atoms with Crippen LogP contribution in [0.4, 0.5) is 0 Å². The number of hydrogen-bond donors (Lipinski definition) is 2. The second-order valence-electron chi connectivity index (χ2n) is 4.08. The highest BCUT2D eigenvalue weighted by Gasteiger charge is 2.34. The lowest BCUT2D eigenvalue weighted by Gasteiger charge is -2.36. The average Bonchev–Trinajstić information content (AvgIpc) is 2.28.